The van der Waals surface area contributed by atoms with E-state index in [9.17, 15) is 5.11 Å². The summed E-state index contributed by atoms with van der Waals surface area (Å²) in [6.07, 6.45) is 4.31. The lowest BCUT2D eigenvalue weighted by Gasteiger charge is -2.41. The molecule has 0 aromatic carbocycles. The van der Waals surface area contributed by atoms with Crippen LogP contribution in [-0.4, -0.2) is 63.1 Å². The van der Waals surface area contributed by atoms with Gasteiger partial charge >= 0.3 is 0 Å². The summed E-state index contributed by atoms with van der Waals surface area (Å²) in [5.74, 6) is 0. The Morgan fingerprint density at radius 1 is 1.17 bits per heavy atom. The third-order valence-electron chi connectivity index (χ3n) is 5.21. The quantitative estimate of drug-likeness (QED) is 0.906. The number of aliphatic hydroxyl groups excluding tert-OH is 1. The van der Waals surface area contributed by atoms with Crippen molar-refractivity contribution >= 4 is 26.8 Å². The van der Waals surface area contributed by atoms with Crippen LogP contribution < -0.4 is 4.90 Å². The highest BCUT2D eigenvalue weighted by Crippen LogP contribution is 2.33. The van der Waals surface area contributed by atoms with Gasteiger partial charge in [0.1, 0.15) is 0 Å². The van der Waals surface area contributed by atoms with Crippen molar-refractivity contribution in [3.8, 4) is 0 Å². The van der Waals surface area contributed by atoms with Crippen LogP contribution in [-0.2, 0) is 7.05 Å². The second-order valence-electron chi connectivity index (χ2n) is 6.87. The minimum Gasteiger partial charge on any atom is -0.392 e. The number of hydrogen-bond acceptors (Lipinski definition) is 6. The van der Waals surface area contributed by atoms with E-state index in [0.717, 1.165) is 55.5 Å². The van der Waals surface area contributed by atoms with Crippen LogP contribution in [0, 0.1) is 6.92 Å². The zero-order chi connectivity index (χ0) is 16.0. The summed E-state index contributed by atoms with van der Waals surface area (Å²) in [5.41, 5.74) is 2.08. The molecule has 0 radical (unpaired) electrons. The first-order chi connectivity index (χ1) is 11.1. The molecule has 126 valence electrons. The molecule has 1 N–H and O–H groups in total. The molecule has 0 spiro atoms. The van der Waals surface area contributed by atoms with Crippen molar-refractivity contribution in [3.63, 3.8) is 0 Å². The summed E-state index contributed by atoms with van der Waals surface area (Å²) in [6.45, 7) is 6.18. The van der Waals surface area contributed by atoms with Gasteiger partial charge < -0.3 is 10.0 Å². The number of likely N-dealkylation sites (tertiary alicyclic amines) is 1. The molecule has 6 nitrogen and oxygen atoms in total. The van der Waals surface area contributed by atoms with Crippen molar-refractivity contribution in [2.24, 2.45) is 7.05 Å². The van der Waals surface area contributed by atoms with Gasteiger partial charge in [0, 0.05) is 32.7 Å². The predicted molar refractivity (Wildman–Crippen MR) is 93.2 cm³/mol. The van der Waals surface area contributed by atoms with Crippen LogP contribution in [0.3, 0.4) is 0 Å². The third kappa shape index (κ3) is 2.86. The van der Waals surface area contributed by atoms with Crippen molar-refractivity contribution < 1.29 is 5.11 Å². The maximum atomic E-state index is 9.88. The van der Waals surface area contributed by atoms with Crippen molar-refractivity contribution in [1.29, 1.82) is 0 Å². The van der Waals surface area contributed by atoms with E-state index in [1.54, 1.807) is 11.3 Å². The van der Waals surface area contributed by atoms with Gasteiger partial charge in [-0.05, 0) is 39.2 Å². The SMILES string of the molecule is Cc1nn(C)c2nc(N3CCC(N4CCC[C@H](O)C4)CC3)sc12. The van der Waals surface area contributed by atoms with E-state index in [1.807, 2.05) is 11.7 Å². The van der Waals surface area contributed by atoms with E-state index in [0.29, 0.717) is 6.04 Å². The minimum absolute atomic E-state index is 0.124. The van der Waals surface area contributed by atoms with E-state index >= 15 is 0 Å². The number of β-amino-alcohol motifs (C(OH)–C–C–N with tert-alkyl or cyclic N) is 1. The molecule has 7 heteroatoms. The van der Waals surface area contributed by atoms with Gasteiger partial charge in [0.15, 0.2) is 10.8 Å². The number of thiazole rings is 1. The summed E-state index contributed by atoms with van der Waals surface area (Å²) >= 11 is 1.77. The molecule has 4 heterocycles. The average molecular weight is 335 g/mol. The lowest BCUT2D eigenvalue weighted by molar-refractivity contribution is 0.0398. The molecule has 2 saturated heterocycles. The van der Waals surface area contributed by atoms with Crippen LogP contribution >= 0.6 is 11.3 Å². The summed E-state index contributed by atoms with van der Waals surface area (Å²) in [4.78, 5) is 9.71. The summed E-state index contributed by atoms with van der Waals surface area (Å²) < 4.78 is 3.09. The Bertz CT molecular complexity index is 654. The third-order valence-corrected chi connectivity index (χ3v) is 6.43. The van der Waals surface area contributed by atoms with Crippen LogP contribution in [0.2, 0.25) is 0 Å². The molecule has 1 atom stereocenters. The molecule has 0 bridgehead atoms. The van der Waals surface area contributed by atoms with Crippen molar-refractivity contribution in [1.82, 2.24) is 19.7 Å². The summed E-state index contributed by atoms with van der Waals surface area (Å²) in [6, 6.07) is 0.624. The van der Waals surface area contributed by atoms with Gasteiger partial charge in [-0.3, -0.25) is 4.90 Å². The Hall–Kier alpha value is -1.18. The zero-order valence-electron chi connectivity index (χ0n) is 13.9. The van der Waals surface area contributed by atoms with E-state index in [-0.39, 0.29) is 6.10 Å². The van der Waals surface area contributed by atoms with Gasteiger partial charge in [-0.25, -0.2) is 9.67 Å². The Morgan fingerprint density at radius 3 is 2.65 bits per heavy atom. The number of rotatable bonds is 2. The lowest BCUT2D eigenvalue weighted by Crippen LogP contribution is -2.49. The Labute approximate surface area is 140 Å². The fraction of sp³-hybridized carbons (Fsp3) is 0.750. The molecule has 23 heavy (non-hydrogen) atoms. The highest BCUT2D eigenvalue weighted by molar-refractivity contribution is 7.22. The number of aliphatic hydroxyl groups is 1. The van der Waals surface area contributed by atoms with Crippen LogP contribution in [0.4, 0.5) is 5.13 Å². The van der Waals surface area contributed by atoms with Gasteiger partial charge in [0.05, 0.1) is 16.5 Å². The van der Waals surface area contributed by atoms with E-state index < -0.39 is 0 Å². The summed E-state index contributed by atoms with van der Waals surface area (Å²) in [5, 5.41) is 15.4. The summed E-state index contributed by atoms with van der Waals surface area (Å²) in [7, 11) is 1.97. The molecule has 2 aliphatic rings. The van der Waals surface area contributed by atoms with Gasteiger partial charge in [-0.2, -0.15) is 5.10 Å². The molecule has 0 saturated carbocycles. The highest BCUT2D eigenvalue weighted by atomic mass is 32.1. The maximum Gasteiger partial charge on any atom is 0.188 e. The second-order valence-corrected chi connectivity index (χ2v) is 7.84. The number of piperidine rings is 2. The molecule has 2 aliphatic heterocycles. The molecule has 0 unspecified atom stereocenters. The first-order valence-corrected chi connectivity index (χ1v) is 9.40. The monoisotopic (exact) mass is 335 g/mol. The Morgan fingerprint density at radius 2 is 1.96 bits per heavy atom. The number of aromatic nitrogens is 3. The highest BCUT2D eigenvalue weighted by Gasteiger charge is 2.29. The van der Waals surface area contributed by atoms with E-state index in [4.69, 9.17) is 4.98 Å². The molecular formula is C16H25N5OS. The second kappa shape index (κ2) is 6.03. The topological polar surface area (TPSA) is 57.4 Å². The van der Waals surface area contributed by atoms with Crippen LogP contribution in [0.15, 0.2) is 0 Å². The van der Waals surface area contributed by atoms with Gasteiger partial charge in [-0.15, -0.1) is 0 Å². The smallest absolute Gasteiger partial charge is 0.188 e. The van der Waals surface area contributed by atoms with Crippen LogP contribution in [0.25, 0.3) is 10.3 Å². The maximum absolute atomic E-state index is 9.88. The fourth-order valence-corrected chi connectivity index (χ4v) is 5.03. The lowest BCUT2D eigenvalue weighted by atomic mass is 9.99. The van der Waals surface area contributed by atoms with Gasteiger partial charge in [0.2, 0.25) is 0 Å². The Balaban J connectivity index is 1.43. The molecule has 0 amide bonds. The van der Waals surface area contributed by atoms with E-state index in [2.05, 4.69) is 21.8 Å². The molecule has 2 aromatic heterocycles. The predicted octanol–water partition coefficient (Wildman–Crippen LogP) is 1.76. The van der Waals surface area contributed by atoms with Crippen LogP contribution in [0.5, 0.6) is 0 Å². The molecule has 0 aliphatic carbocycles. The molecule has 2 fully saturated rings. The first-order valence-electron chi connectivity index (χ1n) is 8.59. The number of anilines is 1. The van der Waals surface area contributed by atoms with Crippen molar-refractivity contribution in [2.75, 3.05) is 31.1 Å². The average Bonchev–Trinajstić information content (AvgIpc) is 3.10. The zero-order valence-corrected chi connectivity index (χ0v) is 14.7. The number of fused-ring (bicyclic) bond motifs is 1. The minimum atomic E-state index is -0.124. The van der Waals surface area contributed by atoms with Crippen molar-refractivity contribution in [2.45, 2.75) is 44.8 Å². The largest absolute Gasteiger partial charge is 0.392 e. The van der Waals surface area contributed by atoms with Crippen LogP contribution in [0.1, 0.15) is 31.4 Å². The normalized spacial score (nSPS) is 24.7. The first kappa shape index (κ1) is 15.4. The number of nitrogens with zero attached hydrogens (tertiary/aromatic N) is 5. The van der Waals surface area contributed by atoms with Crippen molar-refractivity contribution in [3.05, 3.63) is 5.69 Å². The number of hydrogen-bond donors (Lipinski definition) is 1. The molecular weight excluding hydrogens is 310 g/mol. The Kier molecular flexibility index (Phi) is 4.03. The van der Waals surface area contributed by atoms with E-state index in [1.165, 1.54) is 17.5 Å². The number of aryl methyl sites for hydroxylation is 2. The standard InChI is InChI=1S/C16H25N5OS/c1-11-14-15(19(2)18-11)17-16(23-14)20-8-5-12(6-9-20)21-7-3-4-13(22)10-21/h12-13,22H,3-10H2,1-2H3/t13-/m0/s1. The van der Waals surface area contributed by atoms with Gasteiger partial charge in [-0.1, -0.05) is 11.3 Å². The van der Waals surface area contributed by atoms with Gasteiger partial charge in [0.25, 0.3) is 0 Å². The molecule has 2 aromatic rings. The molecule has 4 rings (SSSR count). The fourth-order valence-electron chi connectivity index (χ4n) is 3.95.